The Hall–Kier alpha value is -2.82. The molecule has 0 aliphatic heterocycles. The molecule has 4 heteroatoms. The second-order valence-electron chi connectivity index (χ2n) is 8.14. The Kier molecular flexibility index (Phi) is 7.50. The molecule has 3 aromatic rings. The highest BCUT2D eigenvalue weighted by atomic mass is 16.5. The van der Waals surface area contributed by atoms with Crippen molar-refractivity contribution in [1.29, 1.82) is 0 Å². The van der Waals surface area contributed by atoms with Crippen molar-refractivity contribution in [2.45, 2.75) is 31.9 Å². The average molecular weight is 406 g/mol. The molecule has 2 N–H and O–H groups in total. The van der Waals surface area contributed by atoms with Crippen molar-refractivity contribution in [3.63, 3.8) is 0 Å². The Morgan fingerprint density at radius 3 is 2.07 bits per heavy atom. The second kappa shape index (κ2) is 10.3. The molecule has 0 amide bonds. The highest BCUT2D eigenvalue weighted by Gasteiger charge is 2.19. The Labute approximate surface area is 179 Å². The number of β-amino-alcohol motifs (C(OH)–C–C–N with tert-alkyl or cyclic N) is 1. The molecule has 30 heavy (non-hydrogen) atoms. The molecule has 0 radical (unpaired) electrons. The lowest BCUT2D eigenvalue weighted by Crippen LogP contribution is -2.46. The van der Waals surface area contributed by atoms with Gasteiger partial charge in [0.1, 0.15) is 24.2 Å². The summed E-state index contributed by atoms with van der Waals surface area (Å²) in [7, 11) is 1.67. The van der Waals surface area contributed by atoms with Crippen LogP contribution in [0.4, 0.5) is 0 Å². The Bertz CT molecular complexity index is 890. The molecule has 3 aromatic carbocycles. The van der Waals surface area contributed by atoms with E-state index >= 15 is 0 Å². The zero-order valence-electron chi connectivity index (χ0n) is 18.0. The van der Waals surface area contributed by atoms with Gasteiger partial charge in [0, 0.05) is 12.1 Å². The number of rotatable bonds is 10. The van der Waals surface area contributed by atoms with Crippen LogP contribution >= 0.6 is 0 Å². The topological polar surface area (TPSA) is 50.7 Å². The third-order valence-corrected chi connectivity index (χ3v) is 5.03. The molecule has 1 unspecified atom stereocenters. The molecule has 0 heterocycles. The zero-order valence-corrected chi connectivity index (χ0v) is 18.0. The maximum Gasteiger partial charge on any atom is 0.119 e. The fourth-order valence-electron chi connectivity index (χ4n) is 3.34. The first-order valence-corrected chi connectivity index (χ1v) is 10.3. The predicted molar refractivity (Wildman–Crippen MR) is 122 cm³/mol. The summed E-state index contributed by atoms with van der Waals surface area (Å²) in [4.78, 5) is 0. The fraction of sp³-hybridized carbons (Fsp3) is 0.308. The van der Waals surface area contributed by atoms with Crippen LogP contribution < -0.4 is 14.8 Å². The van der Waals surface area contributed by atoms with E-state index in [9.17, 15) is 5.11 Å². The number of benzene rings is 3. The van der Waals surface area contributed by atoms with E-state index in [-0.39, 0.29) is 12.1 Å². The summed E-state index contributed by atoms with van der Waals surface area (Å²) in [5.74, 6) is 1.61. The van der Waals surface area contributed by atoms with Crippen LogP contribution in [0.25, 0.3) is 11.1 Å². The Morgan fingerprint density at radius 2 is 1.43 bits per heavy atom. The van der Waals surface area contributed by atoms with Gasteiger partial charge in [-0.1, -0.05) is 54.6 Å². The van der Waals surface area contributed by atoms with Crippen molar-refractivity contribution in [2.75, 3.05) is 20.3 Å². The minimum atomic E-state index is -0.589. The lowest BCUT2D eigenvalue weighted by molar-refractivity contribution is 0.0988. The van der Waals surface area contributed by atoms with Crippen LogP contribution in [-0.4, -0.2) is 37.0 Å². The van der Waals surface area contributed by atoms with Crippen molar-refractivity contribution >= 4 is 0 Å². The van der Waals surface area contributed by atoms with Crippen LogP contribution in [-0.2, 0) is 6.42 Å². The van der Waals surface area contributed by atoms with Gasteiger partial charge in [-0.2, -0.15) is 0 Å². The lowest BCUT2D eigenvalue weighted by Gasteiger charge is -2.28. The summed E-state index contributed by atoms with van der Waals surface area (Å²) in [6.07, 6.45) is 0.264. The Morgan fingerprint density at radius 1 is 0.833 bits per heavy atom. The number of aliphatic hydroxyl groups excluding tert-OH is 1. The van der Waals surface area contributed by atoms with Crippen molar-refractivity contribution < 1.29 is 14.6 Å². The van der Waals surface area contributed by atoms with Crippen molar-refractivity contribution in [1.82, 2.24) is 5.32 Å². The van der Waals surface area contributed by atoms with Crippen LogP contribution in [0.1, 0.15) is 19.4 Å². The summed E-state index contributed by atoms with van der Waals surface area (Å²) in [6.45, 7) is 4.97. The number of nitrogens with one attached hydrogen (secondary N) is 1. The molecule has 0 aliphatic rings. The number of ether oxygens (including phenoxy) is 2. The summed E-state index contributed by atoms with van der Waals surface area (Å²) in [5, 5.41) is 13.8. The molecular weight excluding hydrogens is 374 g/mol. The van der Waals surface area contributed by atoms with Crippen LogP contribution in [0, 0.1) is 0 Å². The van der Waals surface area contributed by atoms with Crippen LogP contribution in [0.5, 0.6) is 11.5 Å². The first-order chi connectivity index (χ1) is 14.4. The molecule has 0 spiro atoms. The molecule has 0 bridgehead atoms. The maximum absolute atomic E-state index is 10.3. The largest absolute Gasteiger partial charge is 0.497 e. The van der Waals surface area contributed by atoms with Gasteiger partial charge in [0.15, 0.2) is 0 Å². The normalized spacial score (nSPS) is 12.4. The van der Waals surface area contributed by atoms with E-state index in [2.05, 4.69) is 43.4 Å². The van der Waals surface area contributed by atoms with E-state index in [1.54, 1.807) is 7.11 Å². The molecule has 0 saturated carbocycles. The minimum Gasteiger partial charge on any atom is -0.497 e. The average Bonchev–Trinajstić information content (AvgIpc) is 2.77. The summed E-state index contributed by atoms with van der Waals surface area (Å²) in [6, 6.07) is 26.3. The monoisotopic (exact) mass is 405 g/mol. The van der Waals surface area contributed by atoms with Crippen molar-refractivity contribution in [2.24, 2.45) is 0 Å². The van der Waals surface area contributed by atoms with Gasteiger partial charge in [-0.05, 0) is 61.2 Å². The van der Waals surface area contributed by atoms with E-state index in [0.29, 0.717) is 6.54 Å². The highest BCUT2D eigenvalue weighted by molar-refractivity contribution is 5.63. The van der Waals surface area contributed by atoms with Gasteiger partial charge in [-0.15, -0.1) is 0 Å². The summed E-state index contributed by atoms with van der Waals surface area (Å²) in [5.41, 5.74) is 3.39. The number of aliphatic hydroxyl groups is 1. The Balaban J connectivity index is 1.44. The van der Waals surface area contributed by atoms with E-state index in [1.165, 1.54) is 11.1 Å². The first kappa shape index (κ1) is 21.9. The van der Waals surface area contributed by atoms with Gasteiger partial charge in [0.2, 0.25) is 0 Å². The van der Waals surface area contributed by atoms with Gasteiger partial charge in [-0.25, -0.2) is 0 Å². The molecule has 3 rings (SSSR count). The second-order valence-corrected chi connectivity index (χ2v) is 8.14. The standard InChI is InChI=1S/C26H31NO3/c1-26(2,17-20-9-13-24(29-3)14-10-20)27-18-23(28)19-30-25-15-11-22(12-16-25)21-7-5-4-6-8-21/h4-16,23,27-28H,17-19H2,1-3H3. The van der Waals surface area contributed by atoms with Gasteiger partial charge in [-0.3, -0.25) is 0 Å². The van der Waals surface area contributed by atoms with Gasteiger partial charge < -0.3 is 19.9 Å². The van der Waals surface area contributed by atoms with Crippen molar-refractivity contribution in [3.8, 4) is 22.6 Å². The molecule has 0 saturated heterocycles. The summed E-state index contributed by atoms with van der Waals surface area (Å²) < 4.78 is 11.0. The van der Waals surface area contributed by atoms with Crippen LogP contribution in [0.2, 0.25) is 0 Å². The van der Waals surface area contributed by atoms with Crippen LogP contribution in [0.15, 0.2) is 78.9 Å². The molecule has 158 valence electrons. The zero-order chi connectivity index (χ0) is 21.4. The summed E-state index contributed by atoms with van der Waals surface area (Å²) >= 11 is 0. The van der Waals surface area contributed by atoms with Gasteiger partial charge in [0.05, 0.1) is 7.11 Å². The highest BCUT2D eigenvalue weighted by Crippen LogP contribution is 2.22. The quantitative estimate of drug-likeness (QED) is 0.513. The third kappa shape index (κ3) is 6.61. The first-order valence-electron chi connectivity index (χ1n) is 10.3. The van der Waals surface area contributed by atoms with E-state index in [1.807, 2.05) is 54.6 Å². The number of hydrogen-bond donors (Lipinski definition) is 2. The fourth-order valence-corrected chi connectivity index (χ4v) is 3.34. The molecule has 4 nitrogen and oxygen atoms in total. The smallest absolute Gasteiger partial charge is 0.119 e. The van der Waals surface area contributed by atoms with Gasteiger partial charge >= 0.3 is 0 Å². The molecule has 0 aromatic heterocycles. The van der Waals surface area contributed by atoms with E-state index in [0.717, 1.165) is 23.5 Å². The van der Waals surface area contributed by atoms with Crippen LogP contribution in [0.3, 0.4) is 0 Å². The number of methoxy groups -OCH3 is 1. The molecular formula is C26H31NO3. The molecule has 0 fully saturated rings. The minimum absolute atomic E-state index is 0.146. The lowest BCUT2D eigenvalue weighted by atomic mass is 9.94. The molecule has 0 aliphatic carbocycles. The molecule has 1 atom stereocenters. The maximum atomic E-state index is 10.3. The number of hydrogen-bond acceptors (Lipinski definition) is 4. The van der Waals surface area contributed by atoms with E-state index < -0.39 is 6.10 Å². The van der Waals surface area contributed by atoms with Gasteiger partial charge in [0.25, 0.3) is 0 Å². The van der Waals surface area contributed by atoms with E-state index in [4.69, 9.17) is 9.47 Å². The van der Waals surface area contributed by atoms with Crippen molar-refractivity contribution in [3.05, 3.63) is 84.4 Å². The third-order valence-electron chi connectivity index (χ3n) is 5.03. The SMILES string of the molecule is COc1ccc(CC(C)(C)NCC(O)COc2ccc(-c3ccccc3)cc2)cc1. The predicted octanol–water partition coefficient (Wildman–Crippen LogP) is 4.71.